The summed E-state index contributed by atoms with van der Waals surface area (Å²) in [4.78, 5) is 26.9. The van der Waals surface area contributed by atoms with Gasteiger partial charge in [0.25, 0.3) is 0 Å². The molecule has 0 amide bonds. The van der Waals surface area contributed by atoms with Gasteiger partial charge in [-0.1, -0.05) is 156 Å². The minimum Gasteiger partial charge on any atom is -0.289 e. The van der Waals surface area contributed by atoms with Crippen LogP contribution in [-0.4, -0.2) is 11.6 Å². The van der Waals surface area contributed by atoms with Crippen LogP contribution in [0.5, 0.6) is 0 Å². The summed E-state index contributed by atoms with van der Waals surface area (Å²) in [5, 5.41) is 18.5. The van der Waals surface area contributed by atoms with Crippen molar-refractivity contribution in [3.05, 3.63) is 167 Å². The van der Waals surface area contributed by atoms with Gasteiger partial charge in [-0.15, -0.1) is 0 Å². The van der Waals surface area contributed by atoms with Crippen LogP contribution in [0.15, 0.2) is 188 Å². The molecule has 306 valence electrons. The molecule has 0 aromatic heterocycles. The van der Waals surface area contributed by atoms with Crippen molar-refractivity contribution in [1.82, 2.24) is 0 Å². The van der Waals surface area contributed by atoms with Gasteiger partial charge in [0, 0.05) is 27.9 Å². The number of ketones is 2. The highest BCUT2D eigenvalue weighted by Crippen LogP contribution is 2.44. The van der Waals surface area contributed by atoms with Gasteiger partial charge in [0.1, 0.15) is 0 Å². The molecule has 6 rings (SSSR count). The van der Waals surface area contributed by atoms with E-state index < -0.39 is 0 Å². The number of azo groups is 2. The predicted molar refractivity (Wildman–Crippen MR) is 248 cm³/mol. The maximum atomic E-state index is 13.5. The third-order valence-corrected chi connectivity index (χ3v) is 10.7. The minimum atomic E-state index is -0.322. The van der Waals surface area contributed by atoms with Crippen molar-refractivity contribution in [3.8, 4) is 33.4 Å². The molecule has 0 radical (unpaired) electrons. The molecule has 4 aromatic carbocycles. The van der Waals surface area contributed by atoms with Gasteiger partial charge in [-0.05, 0) is 109 Å². The molecular formula is C54H58N4O2. The van der Waals surface area contributed by atoms with Gasteiger partial charge >= 0.3 is 0 Å². The van der Waals surface area contributed by atoms with Gasteiger partial charge in [-0.2, -0.15) is 20.5 Å². The number of benzene rings is 4. The first-order chi connectivity index (χ1) is 28.1. The highest BCUT2D eigenvalue weighted by Gasteiger charge is 2.35. The highest BCUT2D eigenvalue weighted by molar-refractivity contribution is 6.12. The molecule has 6 nitrogen and oxygen atoms in total. The van der Waals surface area contributed by atoms with Crippen molar-refractivity contribution < 1.29 is 9.59 Å². The average molecular weight is 795 g/mol. The van der Waals surface area contributed by atoms with Crippen LogP contribution < -0.4 is 0 Å². The lowest BCUT2D eigenvalue weighted by Crippen LogP contribution is -2.27. The molecule has 0 aliphatic heterocycles. The Bertz CT molecular complexity index is 2480. The summed E-state index contributed by atoms with van der Waals surface area (Å²) in [6.07, 6.45) is 11.3. The Hall–Kier alpha value is -6.14. The minimum absolute atomic E-state index is 0.0874. The van der Waals surface area contributed by atoms with Crippen LogP contribution >= 0.6 is 0 Å². The van der Waals surface area contributed by atoms with Crippen molar-refractivity contribution in [1.29, 1.82) is 0 Å². The van der Waals surface area contributed by atoms with E-state index in [1.165, 1.54) is 0 Å². The fourth-order valence-corrected chi connectivity index (χ4v) is 7.32. The molecule has 2 aliphatic rings. The van der Waals surface area contributed by atoms with Crippen LogP contribution in [0.2, 0.25) is 0 Å². The van der Waals surface area contributed by atoms with Gasteiger partial charge in [0.2, 0.25) is 0 Å². The van der Waals surface area contributed by atoms with Crippen LogP contribution in [0.1, 0.15) is 83.1 Å². The van der Waals surface area contributed by atoms with Gasteiger partial charge < -0.3 is 0 Å². The van der Waals surface area contributed by atoms with Crippen LogP contribution in [0.25, 0.3) is 33.4 Å². The van der Waals surface area contributed by atoms with E-state index in [4.69, 9.17) is 5.11 Å². The average Bonchev–Trinajstić information content (AvgIpc) is 3.18. The van der Waals surface area contributed by atoms with Crippen molar-refractivity contribution in [2.45, 2.75) is 83.1 Å². The molecule has 2 aliphatic carbocycles. The molecule has 0 fully saturated rings. The predicted octanol–water partition coefficient (Wildman–Crippen LogP) is 15.7. The quantitative estimate of drug-likeness (QED) is 0.175. The Morgan fingerprint density at radius 3 is 1.15 bits per heavy atom. The van der Waals surface area contributed by atoms with E-state index >= 15 is 0 Å². The van der Waals surface area contributed by atoms with Crippen molar-refractivity contribution in [2.75, 3.05) is 0 Å². The standard InChI is InChI=1S/C54H58N4O2/c1-51(2,3)44-27-35(28-45(49(44)59)52(4,5)6)33-55-57-40-25-23-39(24-26-40)41-31-43(38-21-17-14-18-22-38)48(32-42(41)37-19-15-13-16-20-37)58-56-34-36-29-46(53(7,8)9)50(60)47(30-36)54(10,11)12/h13-34H,1-12H3. The Morgan fingerprint density at radius 2 is 0.750 bits per heavy atom. The third-order valence-electron chi connectivity index (χ3n) is 10.7. The molecule has 0 saturated heterocycles. The summed E-state index contributed by atoms with van der Waals surface area (Å²) in [7, 11) is 0. The zero-order chi connectivity index (χ0) is 43.6. The van der Waals surface area contributed by atoms with Gasteiger partial charge in [0.15, 0.2) is 11.6 Å². The number of carbonyl (C=O) groups is 2. The molecule has 0 atom stereocenters. The number of carbonyl (C=O) groups excluding carboxylic acids is 2. The first kappa shape index (κ1) is 43.4. The number of rotatable bonds is 7. The molecular weight excluding hydrogens is 737 g/mol. The third kappa shape index (κ3) is 9.99. The van der Waals surface area contributed by atoms with E-state index in [0.29, 0.717) is 5.69 Å². The smallest absolute Gasteiger partial charge is 0.186 e. The summed E-state index contributed by atoms with van der Waals surface area (Å²) in [5.74, 6) is 0.181. The second kappa shape index (κ2) is 16.8. The van der Waals surface area contributed by atoms with E-state index in [0.717, 1.165) is 72.5 Å². The number of hydrogen-bond donors (Lipinski definition) is 0. The van der Waals surface area contributed by atoms with Crippen LogP contribution in [0.4, 0.5) is 11.4 Å². The topological polar surface area (TPSA) is 83.6 Å². The van der Waals surface area contributed by atoms with Crippen LogP contribution in [0.3, 0.4) is 0 Å². The number of hydrogen-bond acceptors (Lipinski definition) is 6. The van der Waals surface area contributed by atoms with E-state index in [1.807, 2.05) is 72.8 Å². The first-order valence-corrected chi connectivity index (χ1v) is 20.7. The molecule has 0 heterocycles. The maximum absolute atomic E-state index is 13.5. The molecule has 0 unspecified atom stereocenters. The second-order valence-corrected chi connectivity index (χ2v) is 19.8. The second-order valence-electron chi connectivity index (χ2n) is 19.8. The fraction of sp³-hybridized carbons (Fsp3) is 0.296. The molecule has 4 aromatic rings. The Labute approximate surface area is 357 Å². The Morgan fingerprint density at radius 1 is 0.400 bits per heavy atom. The lowest BCUT2D eigenvalue weighted by Gasteiger charge is -2.31. The first-order valence-electron chi connectivity index (χ1n) is 20.7. The number of allylic oxidation sites excluding steroid dienone is 10. The fourth-order valence-electron chi connectivity index (χ4n) is 7.32. The van der Waals surface area contributed by atoms with Gasteiger partial charge in [0.05, 0.1) is 23.8 Å². The zero-order valence-electron chi connectivity index (χ0n) is 37.3. The molecule has 60 heavy (non-hydrogen) atoms. The lowest BCUT2D eigenvalue weighted by atomic mass is 9.72. The number of Topliss-reactive ketones (excluding diaryl/α,β-unsaturated/α-hetero) is 2. The molecule has 0 spiro atoms. The van der Waals surface area contributed by atoms with Crippen LogP contribution in [0, 0.1) is 21.7 Å². The largest absolute Gasteiger partial charge is 0.289 e. The Kier molecular flexibility index (Phi) is 12.2. The summed E-state index contributed by atoms with van der Waals surface area (Å²) >= 11 is 0. The van der Waals surface area contributed by atoms with Crippen molar-refractivity contribution in [3.63, 3.8) is 0 Å². The monoisotopic (exact) mass is 794 g/mol. The van der Waals surface area contributed by atoms with Crippen molar-refractivity contribution >= 4 is 22.9 Å². The van der Waals surface area contributed by atoms with Gasteiger partial charge in [-0.25, -0.2) is 0 Å². The van der Waals surface area contributed by atoms with Crippen LogP contribution in [-0.2, 0) is 9.59 Å². The summed E-state index contributed by atoms with van der Waals surface area (Å²) in [5.41, 5.74) is 11.0. The van der Waals surface area contributed by atoms with E-state index in [-0.39, 0.29) is 33.2 Å². The SMILES string of the molecule is CC(C)(C)C1=CC(=CN=Nc2ccc(-c3cc(-c4ccccc4)c(N=NC=C4C=C(C(C)(C)C)C(=O)C(C(C)(C)C)=C4)cc3-c3ccccc3)cc2)C=C(C(C)(C)C)C1=O. The lowest BCUT2D eigenvalue weighted by molar-refractivity contribution is -0.114. The molecule has 0 bridgehead atoms. The Balaban J connectivity index is 1.41. The zero-order valence-corrected chi connectivity index (χ0v) is 37.3. The number of nitrogens with zero attached hydrogens (tertiary/aromatic N) is 4. The summed E-state index contributed by atoms with van der Waals surface area (Å²) in [6.45, 7) is 24.8. The van der Waals surface area contributed by atoms with E-state index in [2.05, 4.69) is 147 Å². The molecule has 0 N–H and O–H groups in total. The molecule has 6 heteroatoms. The highest BCUT2D eigenvalue weighted by atomic mass is 16.1. The van der Waals surface area contributed by atoms with E-state index in [1.54, 1.807) is 12.4 Å². The summed E-state index contributed by atoms with van der Waals surface area (Å²) < 4.78 is 0. The van der Waals surface area contributed by atoms with Gasteiger partial charge in [-0.3, -0.25) is 9.59 Å². The van der Waals surface area contributed by atoms with E-state index in [9.17, 15) is 9.59 Å². The summed E-state index contributed by atoms with van der Waals surface area (Å²) in [6, 6.07) is 32.9. The maximum Gasteiger partial charge on any atom is 0.186 e. The van der Waals surface area contributed by atoms with Crippen molar-refractivity contribution in [2.24, 2.45) is 42.1 Å². The normalized spacial score (nSPS) is 15.6. The molecule has 0 saturated carbocycles.